The van der Waals surface area contributed by atoms with Gasteiger partial charge in [-0.2, -0.15) is 0 Å². The van der Waals surface area contributed by atoms with Gasteiger partial charge in [-0.25, -0.2) is 0 Å². The molecule has 0 unspecified atom stereocenters. The highest BCUT2D eigenvalue weighted by Gasteiger charge is 2.32. The number of aromatic nitrogens is 1. The van der Waals surface area contributed by atoms with E-state index in [4.69, 9.17) is 9.72 Å². The third-order valence-electron chi connectivity index (χ3n) is 5.24. The zero-order chi connectivity index (χ0) is 18.8. The van der Waals surface area contributed by atoms with Gasteiger partial charge in [-0.15, -0.1) is 6.58 Å². The fourth-order valence-electron chi connectivity index (χ4n) is 3.80. The van der Waals surface area contributed by atoms with Gasteiger partial charge in [-0.1, -0.05) is 18.2 Å². The Morgan fingerprint density at radius 1 is 1.41 bits per heavy atom. The molecule has 3 heterocycles. The van der Waals surface area contributed by atoms with Crippen LogP contribution in [-0.4, -0.2) is 55.8 Å². The van der Waals surface area contributed by atoms with Crippen LogP contribution < -0.4 is 9.62 Å². The summed E-state index contributed by atoms with van der Waals surface area (Å²) >= 11 is 1.67. The van der Waals surface area contributed by atoms with Crippen LogP contribution in [0.5, 0.6) is 0 Å². The first-order valence-electron chi connectivity index (χ1n) is 9.34. The zero-order valence-electron chi connectivity index (χ0n) is 15.9. The van der Waals surface area contributed by atoms with E-state index in [-0.39, 0.29) is 0 Å². The number of nitrogens with one attached hydrogen (secondary N) is 1. The lowest BCUT2D eigenvalue weighted by Crippen LogP contribution is -2.53. The molecule has 0 spiro atoms. The molecule has 0 radical (unpaired) electrons. The summed E-state index contributed by atoms with van der Waals surface area (Å²) < 4.78 is 9.29. The number of piperazine rings is 1. The summed E-state index contributed by atoms with van der Waals surface area (Å²) in [4.78, 5) is 10.9. The zero-order valence-corrected chi connectivity index (χ0v) is 16.8. The minimum Gasteiger partial charge on any atom is -0.376 e. The maximum absolute atomic E-state index is 5.76. The summed E-state index contributed by atoms with van der Waals surface area (Å²) in [6, 6.07) is 6.57. The number of fused-ring (bicyclic) bond motifs is 3. The van der Waals surface area contributed by atoms with E-state index in [2.05, 4.69) is 53.3 Å². The summed E-state index contributed by atoms with van der Waals surface area (Å²) in [6.45, 7) is 10.1. The Kier molecular flexibility index (Phi) is 5.38. The van der Waals surface area contributed by atoms with E-state index in [9.17, 15) is 0 Å². The van der Waals surface area contributed by atoms with E-state index in [1.807, 2.05) is 18.3 Å². The molecule has 4 rings (SSSR count). The minimum atomic E-state index is 0.354. The molecule has 0 aromatic carbocycles. The topological polar surface area (TPSA) is 40.6 Å². The van der Waals surface area contributed by atoms with Gasteiger partial charge in [0.25, 0.3) is 0 Å². The fourth-order valence-corrected chi connectivity index (χ4v) is 4.46. The molecule has 3 aliphatic heterocycles. The predicted molar refractivity (Wildman–Crippen MR) is 115 cm³/mol. The first kappa shape index (κ1) is 18.3. The monoisotopic (exact) mass is 382 g/mol. The predicted octanol–water partition coefficient (Wildman–Crippen LogP) is 3.94. The highest BCUT2D eigenvalue weighted by atomic mass is 32.2. The smallest absolute Gasteiger partial charge is 0.0963 e. The SMILES string of the molecule is C=CCOC[C@H]1CN(c2c3nccccc-3c3c2C=C(C)SN3)CCN1C. The summed E-state index contributed by atoms with van der Waals surface area (Å²) in [7, 11) is 2.18. The number of nitrogens with zero attached hydrogens (tertiary/aromatic N) is 3. The van der Waals surface area contributed by atoms with Crippen LogP contribution >= 0.6 is 11.9 Å². The molecular weight excluding hydrogens is 356 g/mol. The van der Waals surface area contributed by atoms with Crippen molar-refractivity contribution in [3.8, 4) is 11.3 Å². The van der Waals surface area contributed by atoms with Crippen molar-refractivity contribution < 1.29 is 4.74 Å². The molecule has 27 heavy (non-hydrogen) atoms. The van der Waals surface area contributed by atoms with Crippen molar-refractivity contribution in [2.24, 2.45) is 0 Å². The van der Waals surface area contributed by atoms with Crippen LogP contribution in [-0.2, 0) is 4.74 Å². The van der Waals surface area contributed by atoms with Gasteiger partial charge in [0, 0.05) is 41.9 Å². The standard InChI is InChI=1S/C21H26N4OS/c1-4-11-26-14-16-13-25(10-9-24(16)3)21-18-12-15(2)27-23-19(18)17-7-5-6-8-22-20(17)21/h4-8,12,16,23H,1,9-11,13-14H2,2-3H3/t16-/m1/s1. The lowest BCUT2D eigenvalue weighted by Gasteiger charge is -2.40. The Bertz CT molecular complexity index is 837. The van der Waals surface area contributed by atoms with Crippen molar-refractivity contribution in [1.82, 2.24) is 9.88 Å². The summed E-state index contributed by atoms with van der Waals surface area (Å²) in [5.74, 6) is 0. The van der Waals surface area contributed by atoms with E-state index in [0.29, 0.717) is 19.3 Å². The molecule has 0 amide bonds. The van der Waals surface area contributed by atoms with Gasteiger partial charge in [-0.3, -0.25) is 9.88 Å². The molecular formula is C21H26N4OS. The van der Waals surface area contributed by atoms with Crippen molar-refractivity contribution in [2.75, 3.05) is 49.5 Å². The number of rotatable bonds is 5. The molecule has 1 aliphatic carbocycles. The van der Waals surface area contributed by atoms with Crippen LogP contribution in [0.15, 0.2) is 42.0 Å². The Morgan fingerprint density at radius 2 is 2.30 bits per heavy atom. The van der Waals surface area contributed by atoms with Gasteiger partial charge >= 0.3 is 0 Å². The average molecular weight is 383 g/mol. The second-order valence-corrected chi connectivity index (χ2v) is 8.15. The second-order valence-electron chi connectivity index (χ2n) is 7.09. The Labute approximate surface area is 165 Å². The summed E-state index contributed by atoms with van der Waals surface area (Å²) in [5, 5.41) is 0. The molecule has 1 saturated heterocycles. The second kappa shape index (κ2) is 7.92. The number of anilines is 2. The van der Waals surface area contributed by atoms with Crippen molar-refractivity contribution in [3.63, 3.8) is 0 Å². The number of likely N-dealkylation sites (N-methyl/N-ethyl adjacent to an activating group) is 1. The van der Waals surface area contributed by atoms with Gasteiger partial charge in [-0.05, 0) is 38.1 Å². The normalized spacial score (nSPS) is 20.1. The third kappa shape index (κ3) is 3.57. The van der Waals surface area contributed by atoms with Crippen molar-refractivity contribution in [1.29, 1.82) is 0 Å². The number of allylic oxidation sites excluding steroid dienone is 1. The molecule has 1 atom stereocenters. The number of ether oxygens (including phenoxy) is 1. The molecule has 0 saturated carbocycles. The quantitative estimate of drug-likeness (QED) is 0.480. The van der Waals surface area contributed by atoms with Gasteiger partial charge in [0.05, 0.1) is 36.3 Å². The Hall–Kier alpha value is -2.02. The molecule has 0 aromatic rings. The van der Waals surface area contributed by atoms with Crippen LogP contribution in [0.25, 0.3) is 17.3 Å². The van der Waals surface area contributed by atoms with Crippen LogP contribution in [0, 0.1) is 0 Å². The minimum absolute atomic E-state index is 0.354. The number of hydrogen-bond acceptors (Lipinski definition) is 6. The summed E-state index contributed by atoms with van der Waals surface area (Å²) in [6.07, 6.45) is 5.99. The third-order valence-corrected chi connectivity index (χ3v) is 5.98. The van der Waals surface area contributed by atoms with Crippen LogP contribution in [0.4, 0.5) is 11.4 Å². The molecule has 0 aromatic heterocycles. The van der Waals surface area contributed by atoms with Crippen LogP contribution in [0.2, 0.25) is 0 Å². The van der Waals surface area contributed by atoms with E-state index < -0.39 is 0 Å². The van der Waals surface area contributed by atoms with Gasteiger partial charge in [0.2, 0.25) is 0 Å². The van der Waals surface area contributed by atoms with E-state index in [0.717, 1.165) is 25.3 Å². The lowest BCUT2D eigenvalue weighted by molar-refractivity contribution is 0.0804. The van der Waals surface area contributed by atoms with Gasteiger partial charge in [0.15, 0.2) is 0 Å². The van der Waals surface area contributed by atoms with E-state index >= 15 is 0 Å². The highest BCUT2D eigenvalue weighted by molar-refractivity contribution is 8.04. The highest BCUT2D eigenvalue weighted by Crippen LogP contribution is 2.50. The maximum Gasteiger partial charge on any atom is 0.0963 e. The van der Waals surface area contributed by atoms with Gasteiger partial charge in [0.1, 0.15) is 0 Å². The lowest BCUT2D eigenvalue weighted by atomic mass is 10.1. The van der Waals surface area contributed by atoms with Crippen molar-refractivity contribution in [2.45, 2.75) is 13.0 Å². The first-order chi connectivity index (χ1) is 13.2. The van der Waals surface area contributed by atoms with E-state index in [1.165, 1.54) is 27.4 Å². The molecule has 142 valence electrons. The fraction of sp³-hybridized carbons (Fsp3) is 0.381. The molecule has 1 fully saturated rings. The van der Waals surface area contributed by atoms with Crippen LogP contribution in [0.1, 0.15) is 12.5 Å². The Morgan fingerprint density at radius 3 is 3.15 bits per heavy atom. The maximum atomic E-state index is 5.76. The largest absolute Gasteiger partial charge is 0.376 e. The summed E-state index contributed by atoms with van der Waals surface area (Å²) in [5.41, 5.74) is 5.93. The number of hydrogen-bond donors (Lipinski definition) is 1. The van der Waals surface area contributed by atoms with Crippen molar-refractivity contribution >= 4 is 29.4 Å². The molecule has 4 aliphatic rings. The first-order valence-corrected chi connectivity index (χ1v) is 10.2. The molecule has 0 bridgehead atoms. The van der Waals surface area contributed by atoms with Gasteiger partial charge < -0.3 is 14.4 Å². The van der Waals surface area contributed by atoms with Crippen molar-refractivity contribution in [3.05, 3.63) is 47.5 Å². The molecule has 1 N–H and O–H groups in total. The molecule has 5 nitrogen and oxygen atoms in total. The average Bonchev–Trinajstić information content (AvgIpc) is 2.80. The van der Waals surface area contributed by atoms with Crippen LogP contribution in [0.3, 0.4) is 0 Å². The molecule has 6 heteroatoms. The van der Waals surface area contributed by atoms with E-state index in [1.54, 1.807) is 11.9 Å². The Balaban J connectivity index is 1.72.